The summed E-state index contributed by atoms with van der Waals surface area (Å²) in [7, 11) is -2.25. The van der Waals surface area contributed by atoms with Gasteiger partial charge in [-0.15, -0.1) is 0 Å². The minimum atomic E-state index is -3.80. The summed E-state index contributed by atoms with van der Waals surface area (Å²) in [5.74, 6) is -1.20. The zero-order valence-corrected chi connectivity index (χ0v) is 14.8. The molecule has 3 N–H and O–H groups in total. The number of benzene rings is 1. The summed E-state index contributed by atoms with van der Waals surface area (Å²) in [4.78, 5) is 11.4. The number of anilines is 1. The molecule has 0 bridgehead atoms. The number of hydrogen-bond acceptors (Lipinski definition) is 5. The van der Waals surface area contributed by atoms with E-state index in [1.165, 1.54) is 12.1 Å². The van der Waals surface area contributed by atoms with Gasteiger partial charge in [-0.05, 0) is 45.9 Å². The van der Waals surface area contributed by atoms with Crippen LogP contribution in [0, 0.1) is 0 Å². The van der Waals surface area contributed by atoms with E-state index in [2.05, 4.69) is 10.0 Å². The Kier molecular flexibility index (Phi) is 6.15. The van der Waals surface area contributed by atoms with Crippen LogP contribution >= 0.6 is 0 Å². The Bertz CT molecular complexity index is 665. The fourth-order valence-electron chi connectivity index (χ4n) is 2.01. The van der Waals surface area contributed by atoms with Crippen molar-refractivity contribution in [3.8, 4) is 0 Å². The minimum Gasteiger partial charge on any atom is -0.478 e. The summed E-state index contributed by atoms with van der Waals surface area (Å²) >= 11 is 0. The summed E-state index contributed by atoms with van der Waals surface area (Å²) in [5, 5.41) is 12.3. The van der Waals surface area contributed by atoms with Gasteiger partial charge in [-0.2, -0.15) is 0 Å². The Labute approximate surface area is 137 Å². The number of rotatable bonds is 7. The number of methoxy groups -OCH3 is 1. The van der Waals surface area contributed by atoms with Crippen molar-refractivity contribution in [1.29, 1.82) is 0 Å². The predicted molar refractivity (Wildman–Crippen MR) is 88.4 cm³/mol. The second kappa shape index (κ2) is 7.29. The highest BCUT2D eigenvalue weighted by molar-refractivity contribution is 7.89. The van der Waals surface area contributed by atoms with Crippen LogP contribution in [-0.4, -0.2) is 44.8 Å². The molecule has 0 aliphatic heterocycles. The van der Waals surface area contributed by atoms with E-state index in [1.807, 2.05) is 6.92 Å². The van der Waals surface area contributed by atoms with Gasteiger partial charge in [0.1, 0.15) is 0 Å². The molecule has 0 spiro atoms. The molecular formula is C15H24N2O5S. The molecule has 0 fully saturated rings. The van der Waals surface area contributed by atoms with Gasteiger partial charge in [-0.3, -0.25) is 0 Å². The third kappa shape index (κ3) is 5.81. The van der Waals surface area contributed by atoms with E-state index in [4.69, 9.17) is 4.74 Å². The standard InChI is InChI=1S/C15H24N2O5S/c1-10(9-22-5)16-13-7-6-11(8-12(13)14(18)19)23(20,21)17-15(2,3)4/h6-8,10,16-17H,9H2,1-5H3,(H,18,19)/t10-/m1/s1. The number of carboxylic acid groups (broad SMARTS) is 1. The van der Waals surface area contributed by atoms with E-state index >= 15 is 0 Å². The van der Waals surface area contributed by atoms with Crippen molar-refractivity contribution in [2.45, 2.75) is 44.2 Å². The van der Waals surface area contributed by atoms with Crippen molar-refractivity contribution in [3.05, 3.63) is 23.8 Å². The molecule has 0 aromatic heterocycles. The fourth-order valence-corrected chi connectivity index (χ4v) is 3.46. The van der Waals surface area contributed by atoms with Gasteiger partial charge in [-0.25, -0.2) is 17.9 Å². The van der Waals surface area contributed by atoms with Crippen LogP contribution < -0.4 is 10.0 Å². The topological polar surface area (TPSA) is 105 Å². The maximum absolute atomic E-state index is 12.3. The van der Waals surface area contributed by atoms with Crippen LogP contribution in [0.2, 0.25) is 0 Å². The van der Waals surface area contributed by atoms with Crippen molar-refractivity contribution in [1.82, 2.24) is 4.72 Å². The summed E-state index contributed by atoms with van der Waals surface area (Å²) < 4.78 is 32.1. The van der Waals surface area contributed by atoms with Crippen molar-refractivity contribution in [2.24, 2.45) is 0 Å². The zero-order valence-electron chi connectivity index (χ0n) is 14.0. The summed E-state index contributed by atoms with van der Waals surface area (Å²) in [6.45, 7) is 7.37. The molecule has 0 radical (unpaired) electrons. The van der Waals surface area contributed by atoms with Crippen LogP contribution in [0.5, 0.6) is 0 Å². The summed E-state index contributed by atoms with van der Waals surface area (Å²) in [6, 6.07) is 3.86. The SMILES string of the molecule is COC[C@@H](C)Nc1ccc(S(=O)(=O)NC(C)(C)C)cc1C(=O)O. The second-order valence-electron chi connectivity index (χ2n) is 6.37. The minimum absolute atomic E-state index is 0.0882. The molecule has 0 heterocycles. The van der Waals surface area contributed by atoms with Gasteiger partial charge < -0.3 is 15.2 Å². The van der Waals surface area contributed by atoms with E-state index in [-0.39, 0.29) is 16.5 Å². The first kappa shape index (κ1) is 19.4. The Morgan fingerprint density at radius 1 is 1.35 bits per heavy atom. The third-order valence-corrected chi connectivity index (χ3v) is 4.55. The molecule has 8 heteroatoms. The molecule has 1 rings (SSSR count). The Morgan fingerprint density at radius 3 is 2.43 bits per heavy atom. The molecule has 23 heavy (non-hydrogen) atoms. The van der Waals surface area contributed by atoms with E-state index in [1.54, 1.807) is 27.9 Å². The lowest BCUT2D eigenvalue weighted by atomic mass is 10.1. The zero-order chi connectivity index (χ0) is 17.8. The van der Waals surface area contributed by atoms with Crippen molar-refractivity contribution < 1.29 is 23.1 Å². The Balaban J connectivity index is 3.21. The fraction of sp³-hybridized carbons (Fsp3) is 0.533. The molecular weight excluding hydrogens is 320 g/mol. The molecule has 1 atom stereocenters. The van der Waals surface area contributed by atoms with E-state index < -0.39 is 21.5 Å². The number of sulfonamides is 1. The number of nitrogens with one attached hydrogen (secondary N) is 2. The van der Waals surface area contributed by atoms with Crippen LogP contribution in [0.25, 0.3) is 0 Å². The van der Waals surface area contributed by atoms with Crippen LogP contribution in [0.4, 0.5) is 5.69 Å². The van der Waals surface area contributed by atoms with Crippen LogP contribution in [0.15, 0.2) is 23.1 Å². The van der Waals surface area contributed by atoms with Gasteiger partial charge >= 0.3 is 5.97 Å². The number of carbonyl (C=O) groups is 1. The largest absolute Gasteiger partial charge is 0.478 e. The van der Waals surface area contributed by atoms with Gasteiger partial charge in [0.2, 0.25) is 10.0 Å². The predicted octanol–water partition coefficient (Wildman–Crippen LogP) is 1.91. The van der Waals surface area contributed by atoms with Crippen molar-refractivity contribution in [3.63, 3.8) is 0 Å². The van der Waals surface area contributed by atoms with E-state index in [0.717, 1.165) is 6.07 Å². The lowest BCUT2D eigenvalue weighted by Crippen LogP contribution is -2.40. The first-order chi connectivity index (χ1) is 10.5. The summed E-state index contributed by atoms with van der Waals surface area (Å²) in [6.07, 6.45) is 0. The quantitative estimate of drug-likeness (QED) is 0.698. The Hall–Kier alpha value is -1.64. The van der Waals surface area contributed by atoms with Crippen molar-refractivity contribution >= 4 is 21.7 Å². The average molecular weight is 344 g/mol. The van der Waals surface area contributed by atoms with E-state index in [0.29, 0.717) is 12.3 Å². The highest BCUT2D eigenvalue weighted by Gasteiger charge is 2.24. The third-order valence-electron chi connectivity index (χ3n) is 2.79. The summed E-state index contributed by atoms with van der Waals surface area (Å²) in [5.41, 5.74) is -0.423. The van der Waals surface area contributed by atoms with Gasteiger partial charge in [0.25, 0.3) is 0 Å². The molecule has 0 amide bonds. The molecule has 0 saturated carbocycles. The molecule has 130 valence electrons. The van der Waals surface area contributed by atoms with E-state index in [9.17, 15) is 18.3 Å². The number of hydrogen-bond donors (Lipinski definition) is 3. The highest BCUT2D eigenvalue weighted by Crippen LogP contribution is 2.22. The first-order valence-electron chi connectivity index (χ1n) is 7.13. The molecule has 1 aromatic rings. The smallest absolute Gasteiger partial charge is 0.337 e. The normalized spacial score (nSPS) is 13.6. The molecule has 0 unspecified atom stereocenters. The number of carboxylic acids is 1. The first-order valence-corrected chi connectivity index (χ1v) is 8.61. The average Bonchev–Trinajstić information content (AvgIpc) is 2.35. The number of aromatic carboxylic acids is 1. The van der Waals surface area contributed by atoms with Crippen LogP contribution in [-0.2, 0) is 14.8 Å². The van der Waals surface area contributed by atoms with Crippen molar-refractivity contribution in [2.75, 3.05) is 19.0 Å². The maximum atomic E-state index is 12.3. The molecule has 0 aliphatic carbocycles. The Morgan fingerprint density at radius 2 is 1.96 bits per heavy atom. The van der Waals surface area contributed by atoms with Crippen LogP contribution in [0.1, 0.15) is 38.1 Å². The van der Waals surface area contributed by atoms with Crippen LogP contribution in [0.3, 0.4) is 0 Å². The molecule has 0 saturated heterocycles. The molecule has 1 aromatic carbocycles. The van der Waals surface area contributed by atoms with Gasteiger partial charge in [0.05, 0.1) is 17.1 Å². The lowest BCUT2D eigenvalue weighted by molar-refractivity contribution is 0.0697. The molecule has 7 nitrogen and oxygen atoms in total. The number of ether oxygens (including phenoxy) is 1. The maximum Gasteiger partial charge on any atom is 0.337 e. The van der Waals surface area contributed by atoms with Gasteiger partial charge in [0.15, 0.2) is 0 Å². The molecule has 0 aliphatic rings. The van der Waals surface area contributed by atoms with Gasteiger partial charge in [-0.1, -0.05) is 0 Å². The monoisotopic (exact) mass is 344 g/mol. The van der Waals surface area contributed by atoms with Gasteiger partial charge in [0, 0.05) is 24.4 Å². The lowest BCUT2D eigenvalue weighted by Gasteiger charge is -2.21. The highest BCUT2D eigenvalue weighted by atomic mass is 32.2. The second-order valence-corrected chi connectivity index (χ2v) is 8.05.